The van der Waals surface area contributed by atoms with Crippen molar-refractivity contribution in [2.75, 3.05) is 13.2 Å². The lowest BCUT2D eigenvalue weighted by Crippen LogP contribution is -2.30. The summed E-state index contributed by atoms with van der Waals surface area (Å²) in [6.07, 6.45) is 91.6. The molecule has 0 radical (unpaired) electrons. The van der Waals surface area contributed by atoms with Crippen LogP contribution >= 0.6 is 0 Å². The zero-order valence-electron chi connectivity index (χ0n) is 50.6. The van der Waals surface area contributed by atoms with Gasteiger partial charge in [-0.15, -0.1) is 0 Å². The van der Waals surface area contributed by atoms with E-state index >= 15 is 0 Å². The minimum atomic E-state index is -0.803. The van der Waals surface area contributed by atoms with Crippen LogP contribution in [0, 0.1) is 0 Å². The summed E-state index contributed by atoms with van der Waals surface area (Å²) in [5.74, 6) is -0.937. The Bertz CT molecular complexity index is 1670. The monoisotopic (exact) mass is 1080 g/mol. The van der Waals surface area contributed by atoms with Crippen LogP contribution in [-0.4, -0.2) is 37.2 Å². The van der Waals surface area contributed by atoms with Gasteiger partial charge < -0.3 is 14.2 Å². The van der Waals surface area contributed by atoms with E-state index in [4.69, 9.17) is 14.2 Å². The zero-order valence-corrected chi connectivity index (χ0v) is 50.6. The van der Waals surface area contributed by atoms with Crippen LogP contribution in [0.3, 0.4) is 0 Å². The SMILES string of the molecule is CC/C=C\C/C=C\C/C=C\C/C=C\C/C=C\C/C=C\C/C=C\CCCCCCCC(=O)OCC(COC(=O)CCCCCCC/C=C\CCCCC)OC(=O)CCCCCCCC/C=C\C/C=C\C/C=C\CCCCCCC. The second-order valence-corrected chi connectivity index (χ2v) is 20.9. The largest absolute Gasteiger partial charge is 0.462 e. The van der Waals surface area contributed by atoms with Gasteiger partial charge in [-0.05, 0) is 141 Å². The molecule has 0 saturated heterocycles. The van der Waals surface area contributed by atoms with Crippen molar-refractivity contribution in [1.82, 2.24) is 0 Å². The molecule has 0 bridgehead atoms. The van der Waals surface area contributed by atoms with Crippen LogP contribution in [0.15, 0.2) is 134 Å². The van der Waals surface area contributed by atoms with Gasteiger partial charge in [0, 0.05) is 19.3 Å². The predicted molar refractivity (Wildman–Crippen MR) is 339 cm³/mol. The van der Waals surface area contributed by atoms with Crippen LogP contribution in [0.5, 0.6) is 0 Å². The van der Waals surface area contributed by atoms with E-state index in [9.17, 15) is 14.4 Å². The summed E-state index contributed by atoms with van der Waals surface area (Å²) in [6, 6.07) is 0. The van der Waals surface area contributed by atoms with Crippen LogP contribution in [0.25, 0.3) is 0 Å². The van der Waals surface area contributed by atoms with Gasteiger partial charge in [0.1, 0.15) is 13.2 Å². The number of ether oxygens (including phenoxy) is 3. The van der Waals surface area contributed by atoms with Gasteiger partial charge in [-0.2, -0.15) is 0 Å². The molecule has 6 heteroatoms. The number of hydrogen-bond donors (Lipinski definition) is 0. The second kappa shape index (κ2) is 65.1. The Morgan fingerprint density at radius 2 is 0.500 bits per heavy atom. The highest BCUT2D eigenvalue weighted by Gasteiger charge is 2.19. The fourth-order valence-electron chi connectivity index (χ4n) is 8.54. The molecular weight excluding hydrogens is 961 g/mol. The molecule has 0 rings (SSSR count). The van der Waals surface area contributed by atoms with Gasteiger partial charge in [0.2, 0.25) is 0 Å². The fraction of sp³-hybridized carbons (Fsp3) is 0.653. The van der Waals surface area contributed by atoms with E-state index in [1.54, 1.807) is 0 Å². The molecule has 0 aromatic heterocycles. The van der Waals surface area contributed by atoms with Gasteiger partial charge >= 0.3 is 17.9 Å². The summed E-state index contributed by atoms with van der Waals surface area (Å²) in [5, 5.41) is 0. The van der Waals surface area contributed by atoms with Gasteiger partial charge in [0.25, 0.3) is 0 Å². The number of hydrogen-bond acceptors (Lipinski definition) is 6. The fourth-order valence-corrected chi connectivity index (χ4v) is 8.54. The number of rotatable bonds is 57. The molecule has 0 aliphatic heterocycles. The Labute approximate surface area is 481 Å². The average Bonchev–Trinajstić information content (AvgIpc) is 3.44. The maximum absolute atomic E-state index is 12.9. The Morgan fingerprint density at radius 3 is 0.821 bits per heavy atom. The zero-order chi connectivity index (χ0) is 56.4. The van der Waals surface area contributed by atoms with E-state index in [2.05, 4.69) is 154 Å². The normalized spacial score (nSPS) is 13.0. The molecule has 0 aliphatic rings. The highest BCUT2D eigenvalue weighted by atomic mass is 16.6. The molecule has 0 saturated carbocycles. The molecule has 0 spiro atoms. The van der Waals surface area contributed by atoms with Gasteiger partial charge in [-0.1, -0.05) is 257 Å². The third-order valence-electron chi connectivity index (χ3n) is 13.4. The molecule has 442 valence electrons. The number of carbonyl (C=O) groups excluding carboxylic acids is 3. The topological polar surface area (TPSA) is 78.9 Å². The predicted octanol–water partition coefficient (Wildman–Crippen LogP) is 22.2. The molecule has 78 heavy (non-hydrogen) atoms. The molecule has 0 fully saturated rings. The Kier molecular flexibility index (Phi) is 61.4. The number of esters is 3. The molecule has 1 atom stereocenters. The van der Waals surface area contributed by atoms with Crippen molar-refractivity contribution < 1.29 is 28.6 Å². The van der Waals surface area contributed by atoms with Crippen LogP contribution < -0.4 is 0 Å². The minimum absolute atomic E-state index is 0.0976. The summed E-state index contributed by atoms with van der Waals surface area (Å²) in [4.78, 5) is 38.3. The smallest absolute Gasteiger partial charge is 0.306 e. The quantitative estimate of drug-likeness (QED) is 0.0261. The lowest BCUT2D eigenvalue weighted by molar-refractivity contribution is -0.167. The summed E-state index contributed by atoms with van der Waals surface area (Å²) < 4.78 is 16.9. The Hall–Kier alpha value is -4.45. The van der Waals surface area contributed by atoms with Crippen molar-refractivity contribution in [2.24, 2.45) is 0 Å². The highest BCUT2D eigenvalue weighted by Crippen LogP contribution is 2.14. The van der Waals surface area contributed by atoms with Gasteiger partial charge in [-0.3, -0.25) is 14.4 Å². The molecule has 0 heterocycles. The lowest BCUT2D eigenvalue weighted by Gasteiger charge is -2.18. The second-order valence-electron chi connectivity index (χ2n) is 20.9. The van der Waals surface area contributed by atoms with Crippen molar-refractivity contribution in [3.05, 3.63) is 134 Å². The van der Waals surface area contributed by atoms with Gasteiger partial charge in [-0.25, -0.2) is 0 Å². The van der Waals surface area contributed by atoms with Crippen molar-refractivity contribution in [2.45, 2.75) is 290 Å². The van der Waals surface area contributed by atoms with E-state index in [0.717, 1.165) is 161 Å². The Balaban J connectivity index is 4.41. The van der Waals surface area contributed by atoms with Crippen molar-refractivity contribution >= 4 is 17.9 Å². The number of carbonyl (C=O) groups is 3. The molecule has 0 aromatic rings. The van der Waals surface area contributed by atoms with E-state index in [0.29, 0.717) is 19.3 Å². The van der Waals surface area contributed by atoms with Crippen molar-refractivity contribution in [1.29, 1.82) is 0 Å². The number of allylic oxidation sites excluding steroid dienone is 22. The van der Waals surface area contributed by atoms with Crippen molar-refractivity contribution in [3.63, 3.8) is 0 Å². The Morgan fingerprint density at radius 1 is 0.269 bits per heavy atom. The third kappa shape index (κ3) is 62.4. The van der Waals surface area contributed by atoms with Crippen LogP contribution in [0.1, 0.15) is 284 Å². The molecule has 0 amide bonds. The maximum atomic E-state index is 12.9. The van der Waals surface area contributed by atoms with E-state index in [1.165, 1.54) is 83.5 Å². The summed E-state index contributed by atoms with van der Waals surface area (Å²) in [6.45, 7) is 6.46. The first-order valence-electron chi connectivity index (χ1n) is 32.2. The van der Waals surface area contributed by atoms with Crippen LogP contribution in [-0.2, 0) is 28.6 Å². The van der Waals surface area contributed by atoms with Gasteiger partial charge in [0.05, 0.1) is 0 Å². The molecular formula is C72H118O6. The minimum Gasteiger partial charge on any atom is -0.462 e. The average molecular weight is 1080 g/mol. The first kappa shape index (κ1) is 73.5. The lowest BCUT2D eigenvalue weighted by atomic mass is 10.1. The summed E-state index contributed by atoms with van der Waals surface area (Å²) in [7, 11) is 0. The molecule has 0 aliphatic carbocycles. The molecule has 6 nitrogen and oxygen atoms in total. The highest BCUT2D eigenvalue weighted by molar-refractivity contribution is 5.71. The first-order valence-corrected chi connectivity index (χ1v) is 32.2. The summed E-state index contributed by atoms with van der Waals surface area (Å²) >= 11 is 0. The van der Waals surface area contributed by atoms with E-state index in [1.807, 2.05) is 0 Å². The molecule has 1 unspecified atom stereocenters. The van der Waals surface area contributed by atoms with Crippen LogP contribution in [0.4, 0.5) is 0 Å². The standard InChI is InChI=1S/C72H118O6/c1-4-7-10-13-16-19-22-25-27-29-31-33-34-35-36-37-38-40-41-43-45-47-50-53-56-59-62-65-71(74)77-68-69(67-76-70(73)64-61-58-55-52-49-24-21-18-15-12-9-6-3)78-72(75)66-63-60-57-54-51-48-46-44-42-39-32-30-28-26-23-20-17-14-11-8-5-2/h7,10,16,18-19,21,23,25-27,30-33,35-36,38,40,42-45,69H,4-6,8-9,11-15,17,20,22,24,28-29,34,37,39,41,46-68H2,1-3H3/b10-7-,19-16-,21-18-,26-23-,27-25-,32-30-,33-31-,36-35-,40-38-,44-42-,45-43-. The first-order chi connectivity index (χ1) is 38.5. The van der Waals surface area contributed by atoms with E-state index in [-0.39, 0.29) is 31.1 Å². The summed E-state index contributed by atoms with van der Waals surface area (Å²) in [5.41, 5.74) is 0. The molecule has 0 aromatic carbocycles. The number of unbranched alkanes of at least 4 members (excludes halogenated alkanes) is 24. The molecule has 0 N–H and O–H groups in total. The van der Waals surface area contributed by atoms with E-state index < -0.39 is 6.10 Å². The van der Waals surface area contributed by atoms with Gasteiger partial charge in [0.15, 0.2) is 6.10 Å². The third-order valence-corrected chi connectivity index (χ3v) is 13.4. The van der Waals surface area contributed by atoms with Crippen molar-refractivity contribution in [3.8, 4) is 0 Å². The maximum Gasteiger partial charge on any atom is 0.306 e. The van der Waals surface area contributed by atoms with Crippen LogP contribution in [0.2, 0.25) is 0 Å².